The van der Waals surface area contributed by atoms with Crippen molar-refractivity contribution in [2.24, 2.45) is 0 Å². The number of hydrogen-bond acceptors (Lipinski definition) is 6. The summed E-state index contributed by atoms with van der Waals surface area (Å²) in [6.07, 6.45) is 0.113. The van der Waals surface area contributed by atoms with Gasteiger partial charge in [0.2, 0.25) is 11.7 Å². The number of anilines is 1. The maximum atomic E-state index is 12.7. The number of carbonyl (C=O) groups excluding carboxylic acids is 1. The fourth-order valence-electron chi connectivity index (χ4n) is 3.44. The summed E-state index contributed by atoms with van der Waals surface area (Å²) in [5.74, 6) is 1.08. The fourth-order valence-corrected chi connectivity index (χ4v) is 3.44. The van der Waals surface area contributed by atoms with Crippen LogP contribution in [0.1, 0.15) is 23.2 Å². The van der Waals surface area contributed by atoms with Crippen LogP contribution >= 0.6 is 0 Å². The number of hydrogen-bond donors (Lipinski definition) is 1. The molecule has 0 bridgehead atoms. The van der Waals surface area contributed by atoms with Gasteiger partial charge in [0.1, 0.15) is 5.69 Å². The van der Waals surface area contributed by atoms with Gasteiger partial charge in [0.15, 0.2) is 11.5 Å². The smallest absolute Gasteiger partial charge is 0.272 e. The van der Waals surface area contributed by atoms with Crippen molar-refractivity contribution >= 4 is 22.6 Å². The van der Waals surface area contributed by atoms with E-state index in [1.54, 1.807) is 23.6 Å². The molecule has 2 aromatic carbocycles. The van der Waals surface area contributed by atoms with E-state index in [2.05, 4.69) is 10.3 Å². The lowest BCUT2D eigenvalue weighted by Crippen LogP contribution is -2.26. The predicted octanol–water partition coefficient (Wildman–Crippen LogP) is 3.38. The molecule has 1 heterocycles. The molecule has 1 aromatic heterocycles. The van der Waals surface area contributed by atoms with Crippen LogP contribution in [0.3, 0.4) is 0 Å². The van der Waals surface area contributed by atoms with Crippen LogP contribution in [0, 0.1) is 20.8 Å². The predicted molar refractivity (Wildman–Crippen MR) is 120 cm³/mol. The molecular formula is C23H27N3O5. The van der Waals surface area contributed by atoms with Crippen LogP contribution in [-0.4, -0.2) is 36.8 Å². The zero-order chi connectivity index (χ0) is 22.7. The standard InChI is InChI=1S/C23H27N3O5/c1-13-9-17-18(10-14(13)2)26(23(28)15(3)24-17)8-7-21(27)25-16-11-19(29-4)22(31-6)20(12-16)30-5/h9-12H,7-8H2,1-6H3,(H,25,27). The second kappa shape index (κ2) is 9.07. The molecule has 0 unspecified atom stereocenters. The first-order valence-corrected chi connectivity index (χ1v) is 9.87. The van der Waals surface area contributed by atoms with Gasteiger partial charge in [-0.25, -0.2) is 4.98 Å². The molecule has 31 heavy (non-hydrogen) atoms. The Bertz CT molecular complexity index is 1180. The third-order valence-corrected chi connectivity index (χ3v) is 5.24. The van der Waals surface area contributed by atoms with E-state index in [1.165, 1.54) is 21.3 Å². The maximum Gasteiger partial charge on any atom is 0.272 e. The zero-order valence-electron chi connectivity index (χ0n) is 18.7. The number of fused-ring (bicyclic) bond motifs is 1. The topological polar surface area (TPSA) is 91.7 Å². The van der Waals surface area contributed by atoms with Crippen molar-refractivity contribution in [1.82, 2.24) is 9.55 Å². The van der Waals surface area contributed by atoms with Crippen LogP contribution in [0.25, 0.3) is 11.0 Å². The van der Waals surface area contributed by atoms with Crippen molar-refractivity contribution in [3.8, 4) is 17.2 Å². The minimum absolute atomic E-state index is 0.113. The lowest BCUT2D eigenvalue weighted by molar-refractivity contribution is -0.116. The molecule has 3 aromatic rings. The number of ether oxygens (including phenoxy) is 3. The van der Waals surface area contributed by atoms with E-state index in [-0.39, 0.29) is 24.4 Å². The molecule has 1 amide bonds. The number of carbonyl (C=O) groups is 1. The zero-order valence-corrected chi connectivity index (χ0v) is 18.7. The second-order valence-corrected chi connectivity index (χ2v) is 7.29. The Morgan fingerprint density at radius 3 is 2.16 bits per heavy atom. The quantitative estimate of drug-likeness (QED) is 0.624. The van der Waals surface area contributed by atoms with E-state index < -0.39 is 0 Å². The minimum Gasteiger partial charge on any atom is -0.493 e. The van der Waals surface area contributed by atoms with Crippen molar-refractivity contribution in [3.63, 3.8) is 0 Å². The van der Waals surface area contributed by atoms with Gasteiger partial charge < -0.3 is 24.1 Å². The van der Waals surface area contributed by atoms with E-state index >= 15 is 0 Å². The van der Waals surface area contributed by atoms with E-state index in [0.29, 0.717) is 28.6 Å². The average molecular weight is 425 g/mol. The SMILES string of the molecule is COc1cc(NC(=O)CCn2c(=O)c(C)nc3cc(C)c(C)cc32)cc(OC)c1OC. The number of aryl methyl sites for hydroxylation is 4. The highest BCUT2D eigenvalue weighted by molar-refractivity contribution is 5.91. The van der Waals surface area contributed by atoms with Gasteiger partial charge in [0.25, 0.3) is 5.56 Å². The normalized spacial score (nSPS) is 10.8. The van der Waals surface area contributed by atoms with E-state index in [1.807, 2.05) is 26.0 Å². The van der Waals surface area contributed by atoms with E-state index in [9.17, 15) is 9.59 Å². The van der Waals surface area contributed by atoms with Crippen LogP contribution in [0.5, 0.6) is 17.2 Å². The van der Waals surface area contributed by atoms with Crippen LogP contribution in [0.2, 0.25) is 0 Å². The highest BCUT2D eigenvalue weighted by Gasteiger charge is 2.15. The molecule has 3 rings (SSSR count). The van der Waals surface area contributed by atoms with Gasteiger partial charge >= 0.3 is 0 Å². The summed E-state index contributed by atoms with van der Waals surface area (Å²) >= 11 is 0. The Hall–Kier alpha value is -3.55. The molecule has 0 saturated carbocycles. The Labute approximate surface area is 180 Å². The molecule has 8 nitrogen and oxygen atoms in total. The van der Waals surface area contributed by atoms with Crippen LogP contribution in [0.4, 0.5) is 5.69 Å². The van der Waals surface area contributed by atoms with Crippen molar-refractivity contribution < 1.29 is 19.0 Å². The molecule has 0 saturated heterocycles. The lowest BCUT2D eigenvalue weighted by atomic mass is 10.1. The van der Waals surface area contributed by atoms with Crippen molar-refractivity contribution in [3.05, 3.63) is 51.4 Å². The van der Waals surface area contributed by atoms with Gasteiger partial charge in [-0.3, -0.25) is 9.59 Å². The second-order valence-electron chi connectivity index (χ2n) is 7.29. The van der Waals surface area contributed by atoms with Gasteiger partial charge in [0.05, 0.1) is 32.4 Å². The first-order valence-electron chi connectivity index (χ1n) is 9.87. The summed E-state index contributed by atoms with van der Waals surface area (Å²) in [6.45, 7) is 5.91. The lowest BCUT2D eigenvalue weighted by Gasteiger charge is -2.15. The third-order valence-electron chi connectivity index (χ3n) is 5.24. The number of nitrogens with zero attached hydrogens (tertiary/aromatic N) is 2. The van der Waals surface area contributed by atoms with Crippen LogP contribution < -0.4 is 25.1 Å². The van der Waals surface area contributed by atoms with Crippen LogP contribution in [0.15, 0.2) is 29.1 Å². The number of benzene rings is 2. The Kier molecular flexibility index (Phi) is 6.48. The molecule has 0 atom stereocenters. The van der Waals surface area contributed by atoms with Gasteiger partial charge in [-0.2, -0.15) is 0 Å². The highest BCUT2D eigenvalue weighted by atomic mass is 16.5. The molecule has 0 aliphatic rings. The van der Waals surface area contributed by atoms with Gasteiger partial charge in [-0.15, -0.1) is 0 Å². The largest absolute Gasteiger partial charge is 0.493 e. The molecule has 0 aliphatic carbocycles. The Balaban J connectivity index is 1.85. The molecule has 1 N–H and O–H groups in total. The first kappa shape index (κ1) is 22.1. The summed E-state index contributed by atoms with van der Waals surface area (Å²) in [5, 5.41) is 2.83. The molecule has 8 heteroatoms. The van der Waals surface area contributed by atoms with Gasteiger partial charge in [0, 0.05) is 30.8 Å². The van der Waals surface area contributed by atoms with E-state index in [4.69, 9.17) is 14.2 Å². The third kappa shape index (κ3) is 4.47. The van der Waals surface area contributed by atoms with Gasteiger partial charge in [-0.05, 0) is 44.0 Å². The number of aromatic nitrogens is 2. The Morgan fingerprint density at radius 2 is 1.58 bits per heavy atom. The fraction of sp³-hybridized carbons (Fsp3) is 0.348. The molecule has 0 aliphatic heterocycles. The molecule has 0 spiro atoms. The molecule has 0 fully saturated rings. The molecule has 164 valence electrons. The van der Waals surface area contributed by atoms with Crippen molar-refractivity contribution in [2.45, 2.75) is 33.7 Å². The summed E-state index contributed by atoms with van der Waals surface area (Å²) in [5.41, 5.74) is 4.34. The monoisotopic (exact) mass is 425 g/mol. The maximum absolute atomic E-state index is 12.7. The number of methoxy groups -OCH3 is 3. The molecule has 0 radical (unpaired) electrons. The highest BCUT2D eigenvalue weighted by Crippen LogP contribution is 2.39. The minimum atomic E-state index is -0.243. The summed E-state index contributed by atoms with van der Waals surface area (Å²) in [7, 11) is 4.53. The van der Waals surface area contributed by atoms with Gasteiger partial charge in [-0.1, -0.05) is 0 Å². The first-order chi connectivity index (χ1) is 14.8. The number of nitrogens with one attached hydrogen (secondary N) is 1. The van der Waals surface area contributed by atoms with E-state index in [0.717, 1.165) is 22.2 Å². The van der Waals surface area contributed by atoms with Crippen LogP contribution in [-0.2, 0) is 11.3 Å². The summed E-state index contributed by atoms with van der Waals surface area (Å²) in [4.78, 5) is 29.8. The number of amides is 1. The Morgan fingerprint density at radius 1 is 0.968 bits per heavy atom. The summed E-state index contributed by atoms with van der Waals surface area (Å²) < 4.78 is 17.5. The van der Waals surface area contributed by atoms with Crippen molar-refractivity contribution in [1.29, 1.82) is 0 Å². The number of rotatable bonds is 7. The average Bonchev–Trinajstić information content (AvgIpc) is 2.75. The summed E-state index contributed by atoms with van der Waals surface area (Å²) in [6, 6.07) is 7.21. The van der Waals surface area contributed by atoms with Crippen molar-refractivity contribution in [2.75, 3.05) is 26.6 Å². The molecular weight excluding hydrogens is 398 g/mol.